The summed E-state index contributed by atoms with van der Waals surface area (Å²) in [5, 5.41) is 8.43. The van der Waals surface area contributed by atoms with Crippen molar-refractivity contribution in [3.8, 4) is 67.4 Å². The molecule has 0 atom stereocenters. The minimum atomic E-state index is 0.714. The third kappa shape index (κ3) is 5.98. The molecule has 0 radical (unpaired) electrons. The number of nitrogens with zero attached hydrogens (tertiary/aromatic N) is 3. The number of aromatic nitrogens is 3. The fourth-order valence-electron chi connectivity index (χ4n) is 8.35. The van der Waals surface area contributed by atoms with Crippen molar-refractivity contribution >= 4 is 43.2 Å². The zero-order chi connectivity index (χ0) is 38.4. The molecule has 11 rings (SSSR count). The van der Waals surface area contributed by atoms with Gasteiger partial charge in [0.1, 0.15) is 0 Å². The molecule has 2 heterocycles. The fraction of sp³-hybridized carbons (Fsp3) is 0. The van der Waals surface area contributed by atoms with Gasteiger partial charge in [0.15, 0.2) is 5.82 Å². The molecule has 2 aromatic heterocycles. The highest BCUT2D eigenvalue weighted by atomic mass is 14.9. The van der Waals surface area contributed by atoms with Crippen molar-refractivity contribution in [2.45, 2.75) is 0 Å². The van der Waals surface area contributed by atoms with Crippen LogP contribution in [0.2, 0.25) is 0 Å². The monoisotopic (exact) mass is 737 g/mol. The van der Waals surface area contributed by atoms with Crippen LogP contribution >= 0.6 is 0 Å². The number of hydrogen-bond donors (Lipinski definition) is 0. The van der Waals surface area contributed by atoms with Gasteiger partial charge in [-0.25, -0.2) is 15.0 Å². The molecule has 0 aliphatic rings. The first-order chi connectivity index (χ1) is 28.7. The number of benzene rings is 9. The number of para-hydroxylation sites is 1. The molecule has 58 heavy (non-hydrogen) atoms. The van der Waals surface area contributed by atoms with E-state index in [1.807, 2.05) is 36.4 Å². The molecule has 11 aromatic rings. The second-order valence-electron chi connectivity index (χ2n) is 14.8. The summed E-state index contributed by atoms with van der Waals surface area (Å²) >= 11 is 0. The Balaban J connectivity index is 0.993. The highest BCUT2D eigenvalue weighted by Crippen LogP contribution is 2.42. The van der Waals surface area contributed by atoms with Crippen LogP contribution in [0.15, 0.2) is 212 Å². The van der Waals surface area contributed by atoms with E-state index in [1.165, 1.54) is 38.1 Å². The smallest absolute Gasteiger partial charge is 0.160 e. The molecule has 270 valence electrons. The second-order valence-corrected chi connectivity index (χ2v) is 14.8. The van der Waals surface area contributed by atoms with E-state index in [-0.39, 0.29) is 0 Å². The third-order valence-corrected chi connectivity index (χ3v) is 11.3. The van der Waals surface area contributed by atoms with Crippen LogP contribution < -0.4 is 0 Å². The van der Waals surface area contributed by atoms with Crippen molar-refractivity contribution in [2.75, 3.05) is 0 Å². The van der Waals surface area contributed by atoms with E-state index in [0.717, 1.165) is 66.8 Å². The van der Waals surface area contributed by atoms with E-state index < -0.39 is 0 Å². The zero-order valence-electron chi connectivity index (χ0n) is 31.5. The van der Waals surface area contributed by atoms with Crippen molar-refractivity contribution in [1.29, 1.82) is 0 Å². The number of pyridine rings is 1. The van der Waals surface area contributed by atoms with E-state index in [0.29, 0.717) is 5.82 Å². The van der Waals surface area contributed by atoms with Gasteiger partial charge in [0.25, 0.3) is 0 Å². The Morgan fingerprint density at radius 3 is 1.50 bits per heavy atom. The van der Waals surface area contributed by atoms with Crippen LogP contribution in [0.1, 0.15) is 0 Å². The van der Waals surface area contributed by atoms with E-state index in [4.69, 9.17) is 15.0 Å². The average molecular weight is 738 g/mol. The predicted octanol–water partition coefficient (Wildman–Crippen LogP) is 14.5. The highest BCUT2D eigenvalue weighted by molar-refractivity contribution is 6.25. The summed E-state index contributed by atoms with van der Waals surface area (Å²) < 4.78 is 0. The molecule has 3 heteroatoms. The van der Waals surface area contributed by atoms with Crippen molar-refractivity contribution in [2.24, 2.45) is 0 Å². The summed E-state index contributed by atoms with van der Waals surface area (Å²) in [5.41, 5.74) is 12.7. The molecule has 0 aliphatic carbocycles. The van der Waals surface area contributed by atoms with Crippen LogP contribution in [0.4, 0.5) is 0 Å². The SMILES string of the molecule is c1ccc(-c2cc(-c3ccc(-c4ccc(-c5cc6c(-c7ccc8ccccc8c7)nc7ccccc7c6c6ccccc56)cc4)cc3)nc(-c3ccccc3)n2)cc1. The Morgan fingerprint density at radius 2 is 0.793 bits per heavy atom. The summed E-state index contributed by atoms with van der Waals surface area (Å²) in [7, 11) is 0. The minimum Gasteiger partial charge on any atom is -0.247 e. The largest absolute Gasteiger partial charge is 0.247 e. The summed E-state index contributed by atoms with van der Waals surface area (Å²) in [5.74, 6) is 0.714. The minimum absolute atomic E-state index is 0.714. The van der Waals surface area contributed by atoms with E-state index in [1.54, 1.807) is 0 Å². The fourth-order valence-corrected chi connectivity index (χ4v) is 8.35. The normalized spacial score (nSPS) is 11.4. The Bertz CT molecular complexity index is 3240. The Hall–Kier alpha value is -7.75. The van der Waals surface area contributed by atoms with Crippen LogP contribution in [0.5, 0.6) is 0 Å². The van der Waals surface area contributed by atoms with E-state index in [2.05, 4.69) is 176 Å². The lowest BCUT2D eigenvalue weighted by Crippen LogP contribution is -1.95. The standard InChI is InChI=1S/C55H35N3/c1-3-14-40(15-4-1)51-35-52(58-55(57-51)42-16-5-2-6-17-42)41-30-25-38(26-31-41)37-23-28-39(29-24-37)48-34-49-53(46-20-10-9-19-45(46)48)47-21-11-12-22-50(47)56-54(49)44-32-27-36-13-7-8-18-43(36)33-44/h1-35H. The lowest BCUT2D eigenvalue weighted by atomic mass is 9.89. The highest BCUT2D eigenvalue weighted by Gasteiger charge is 2.17. The molecule has 3 nitrogen and oxygen atoms in total. The first-order valence-corrected chi connectivity index (χ1v) is 19.7. The van der Waals surface area contributed by atoms with Crippen LogP contribution in [0.3, 0.4) is 0 Å². The topological polar surface area (TPSA) is 38.7 Å². The maximum atomic E-state index is 5.34. The molecule has 0 N–H and O–H groups in total. The number of hydrogen-bond acceptors (Lipinski definition) is 3. The molecule has 0 saturated heterocycles. The van der Waals surface area contributed by atoms with Gasteiger partial charge in [0.2, 0.25) is 0 Å². The first kappa shape index (κ1) is 33.6. The van der Waals surface area contributed by atoms with Crippen LogP contribution in [0.25, 0.3) is 111 Å². The lowest BCUT2D eigenvalue weighted by Gasteiger charge is -2.16. The maximum absolute atomic E-state index is 5.34. The first-order valence-electron chi connectivity index (χ1n) is 19.7. The second kappa shape index (κ2) is 14.1. The molecule has 0 bridgehead atoms. The summed E-state index contributed by atoms with van der Waals surface area (Å²) in [6.45, 7) is 0. The van der Waals surface area contributed by atoms with E-state index in [9.17, 15) is 0 Å². The predicted molar refractivity (Wildman–Crippen MR) is 242 cm³/mol. The maximum Gasteiger partial charge on any atom is 0.160 e. The molecule has 0 aliphatic heterocycles. The van der Waals surface area contributed by atoms with Gasteiger partial charge in [-0.2, -0.15) is 0 Å². The van der Waals surface area contributed by atoms with Gasteiger partial charge in [0, 0.05) is 38.4 Å². The molecule has 0 saturated carbocycles. The van der Waals surface area contributed by atoms with Gasteiger partial charge < -0.3 is 0 Å². The van der Waals surface area contributed by atoms with Gasteiger partial charge in [-0.15, -0.1) is 0 Å². The molecular weight excluding hydrogens is 703 g/mol. The summed E-state index contributed by atoms with van der Waals surface area (Å²) in [6, 6.07) is 75.2. The van der Waals surface area contributed by atoms with Crippen LogP contribution in [-0.4, -0.2) is 15.0 Å². The summed E-state index contributed by atoms with van der Waals surface area (Å²) in [6.07, 6.45) is 0. The molecule has 9 aromatic carbocycles. The van der Waals surface area contributed by atoms with Gasteiger partial charge in [-0.1, -0.05) is 188 Å². The van der Waals surface area contributed by atoms with Crippen molar-refractivity contribution in [3.05, 3.63) is 212 Å². The van der Waals surface area contributed by atoms with Gasteiger partial charge >= 0.3 is 0 Å². The Labute approximate surface area is 336 Å². The number of fused-ring (bicyclic) bond motifs is 6. The van der Waals surface area contributed by atoms with Crippen molar-refractivity contribution < 1.29 is 0 Å². The third-order valence-electron chi connectivity index (χ3n) is 11.3. The lowest BCUT2D eigenvalue weighted by molar-refractivity contribution is 1.18. The average Bonchev–Trinajstić information content (AvgIpc) is 3.31. The molecular formula is C55H35N3. The molecule has 0 unspecified atom stereocenters. The van der Waals surface area contributed by atoms with Crippen LogP contribution in [-0.2, 0) is 0 Å². The van der Waals surface area contributed by atoms with Gasteiger partial charge in [-0.3, -0.25) is 0 Å². The van der Waals surface area contributed by atoms with E-state index >= 15 is 0 Å². The molecule has 0 fully saturated rings. The Kier molecular flexibility index (Phi) is 8.15. The summed E-state index contributed by atoms with van der Waals surface area (Å²) in [4.78, 5) is 15.3. The molecule has 0 amide bonds. The van der Waals surface area contributed by atoms with Crippen molar-refractivity contribution in [3.63, 3.8) is 0 Å². The van der Waals surface area contributed by atoms with Crippen molar-refractivity contribution in [1.82, 2.24) is 15.0 Å². The zero-order valence-corrected chi connectivity index (χ0v) is 31.5. The Morgan fingerprint density at radius 1 is 0.276 bits per heavy atom. The quantitative estimate of drug-likeness (QED) is 0.160. The molecule has 0 spiro atoms. The number of rotatable bonds is 6. The van der Waals surface area contributed by atoms with Gasteiger partial charge in [-0.05, 0) is 68.1 Å². The van der Waals surface area contributed by atoms with Gasteiger partial charge in [0.05, 0.1) is 22.6 Å². The van der Waals surface area contributed by atoms with Crippen LogP contribution in [0, 0.1) is 0 Å².